The molecule has 0 saturated heterocycles. The largest absolute Gasteiger partial charge is 4.00 e. The van der Waals surface area contributed by atoms with Crippen molar-refractivity contribution in [3.63, 3.8) is 0 Å². The molecule has 0 heterocycles. The molecule has 0 saturated carbocycles. The van der Waals surface area contributed by atoms with Crippen molar-refractivity contribution in [1.29, 1.82) is 0 Å². The molecule has 24 valence electrons. The summed E-state index contributed by atoms with van der Waals surface area (Å²) in [6.07, 6.45) is 0. The van der Waals surface area contributed by atoms with E-state index in [1.807, 2.05) is 0 Å². The Bertz CT molecular complexity index is 6.85. The van der Waals surface area contributed by atoms with Crippen LogP contribution in [-0.4, -0.2) is 17.6 Å². The zero-order chi connectivity index (χ0) is 0. The summed E-state index contributed by atoms with van der Waals surface area (Å²) in [5, 5.41) is 0. The molecular weight excluding hydrogens is 179 g/mol. The molecule has 0 aromatic rings. The van der Waals surface area contributed by atoms with Gasteiger partial charge in [0.15, 0.2) is 0 Å². The molecule has 0 radical (unpaired) electrons. The molecule has 4 heteroatoms. The van der Waals surface area contributed by atoms with Gasteiger partial charge in [0.2, 0.25) is 0 Å². The van der Waals surface area contributed by atoms with E-state index in [1.54, 1.807) is 0 Å². The molecule has 0 aromatic carbocycles. The quantitative estimate of drug-likeness (QED) is 0.325. The Morgan fingerprint density at radius 2 is 0.750 bits per heavy atom. The van der Waals surface area contributed by atoms with Crippen LogP contribution in [0.5, 0.6) is 0 Å². The summed E-state index contributed by atoms with van der Waals surface area (Å²) in [5.74, 6) is 0. The molecule has 0 nitrogen and oxygen atoms in total. The standard InChI is InChI=1S/3ClH.Ge/h3*1H;/q;;;+4/p-2. The van der Waals surface area contributed by atoms with E-state index in [9.17, 15) is 0 Å². The third kappa shape index (κ3) is 9.95. The number of halogens is 3. The molecule has 0 N–H and O–H groups in total. The first kappa shape index (κ1) is 52.8. The third-order valence-corrected chi connectivity index (χ3v) is 0. The van der Waals surface area contributed by atoms with Crippen LogP contribution < -0.4 is 37.2 Å². The summed E-state index contributed by atoms with van der Waals surface area (Å²) < 4.78 is 0. The van der Waals surface area contributed by atoms with Gasteiger partial charge in [-0.2, -0.15) is 0 Å². The van der Waals surface area contributed by atoms with Gasteiger partial charge in [0.25, 0.3) is 0 Å². The van der Waals surface area contributed by atoms with E-state index in [-0.39, 0.29) is 56.2 Å². The normalized spacial score (nSPS) is 0. The van der Waals surface area contributed by atoms with Crippen LogP contribution in [-0.2, 0) is 0 Å². The average Bonchev–Trinajstić information content (AvgIpc) is 0. The van der Waals surface area contributed by atoms with E-state index < -0.39 is 0 Å². The Kier molecular flexibility index (Phi) is 340. The molecule has 0 aromatic heterocycles. The summed E-state index contributed by atoms with van der Waals surface area (Å²) >= 11 is 0. The molecule has 0 spiro atoms. The molecule has 0 unspecified atom stereocenters. The van der Waals surface area contributed by atoms with Gasteiger partial charge in [-0.05, 0) is 0 Å². The van der Waals surface area contributed by atoms with Crippen LogP contribution in [0.4, 0.5) is 0 Å². The van der Waals surface area contributed by atoms with Crippen molar-refractivity contribution >= 4 is 17.6 Å². The fourth-order valence-corrected chi connectivity index (χ4v) is 0. The molecule has 4 heavy (non-hydrogen) atoms. The molecule has 0 aliphatic heterocycles. The molecule has 0 amide bonds. The van der Waals surface area contributed by atoms with E-state index in [0.29, 0.717) is 0 Å². The monoisotopic (exact) mass is 180 g/mol. The van der Waals surface area contributed by atoms with Crippen molar-refractivity contribution in [2.24, 2.45) is 0 Å². The van der Waals surface area contributed by atoms with E-state index in [2.05, 4.69) is 0 Å². The van der Waals surface area contributed by atoms with E-state index in [4.69, 9.17) is 0 Å². The predicted octanol–water partition coefficient (Wildman–Crippen LogP) is -9.26. The minimum Gasteiger partial charge on any atom is -1.00 e. The maximum Gasteiger partial charge on any atom is 4.00 e. The van der Waals surface area contributed by atoms with Gasteiger partial charge in [-0.25, -0.2) is 0 Å². The topological polar surface area (TPSA) is 0 Å². The van der Waals surface area contributed by atoms with E-state index >= 15 is 0 Å². The maximum atomic E-state index is 0. The Balaban J connectivity index is 0. The van der Waals surface area contributed by atoms with Crippen molar-refractivity contribution in [2.75, 3.05) is 0 Å². The van der Waals surface area contributed by atoms with Crippen LogP contribution in [0, 0.1) is 0 Å². The van der Waals surface area contributed by atoms with Crippen LogP contribution in [0.25, 0.3) is 0 Å². The number of hydrogen-bond donors (Lipinski definition) is 0. The van der Waals surface area contributed by atoms with Crippen LogP contribution in [0.3, 0.4) is 0 Å². The molecule has 0 bridgehead atoms. The first-order chi connectivity index (χ1) is 0. The first-order valence-electron chi connectivity index (χ1n) is 0. The summed E-state index contributed by atoms with van der Waals surface area (Å²) in [7, 11) is 0. The SMILES string of the molecule is [Cl-].[Cl-].[Cl-].[Ge+4].[H+]. The summed E-state index contributed by atoms with van der Waals surface area (Å²) in [6.45, 7) is 0. The second kappa shape index (κ2) is 25.7. The Morgan fingerprint density at radius 3 is 0.750 bits per heavy atom. The Hall–Kier alpha value is 1.41. The van der Waals surface area contributed by atoms with Gasteiger partial charge in [0, 0.05) is 0 Å². The van der Waals surface area contributed by atoms with Gasteiger partial charge in [-0.15, -0.1) is 0 Å². The molecule has 0 aliphatic carbocycles. The number of rotatable bonds is 0. The second-order valence-corrected chi connectivity index (χ2v) is 0. The van der Waals surface area contributed by atoms with Gasteiger partial charge in [0.05, 0.1) is 0 Å². The second-order valence-electron chi connectivity index (χ2n) is 0. The third-order valence-electron chi connectivity index (χ3n) is 0. The minimum absolute atomic E-state index is 0. The van der Waals surface area contributed by atoms with Crippen molar-refractivity contribution in [3.05, 3.63) is 0 Å². The molecular formula is HCl3Ge+2. The fourth-order valence-electron chi connectivity index (χ4n) is 0. The van der Waals surface area contributed by atoms with Crippen molar-refractivity contribution in [2.45, 2.75) is 0 Å². The van der Waals surface area contributed by atoms with E-state index in [1.165, 1.54) is 0 Å². The van der Waals surface area contributed by atoms with Crippen LogP contribution in [0.15, 0.2) is 0 Å². The Morgan fingerprint density at radius 1 is 0.750 bits per heavy atom. The smallest absolute Gasteiger partial charge is 1.00 e. The van der Waals surface area contributed by atoms with Gasteiger partial charge >= 0.3 is 19.0 Å². The summed E-state index contributed by atoms with van der Waals surface area (Å²) in [4.78, 5) is 0. The Labute approximate surface area is 56.4 Å². The number of hydrogen-bond acceptors (Lipinski definition) is 0. The van der Waals surface area contributed by atoms with Gasteiger partial charge in [0.1, 0.15) is 0 Å². The van der Waals surface area contributed by atoms with Crippen LogP contribution >= 0.6 is 0 Å². The van der Waals surface area contributed by atoms with Gasteiger partial charge < -0.3 is 37.2 Å². The van der Waals surface area contributed by atoms with E-state index in [0.717, 1.165) is 0 Å². The van der Waals surface area contributed by atoms with Crippen molar-refractivity contribution < 1.29 is 38.6 Å². The van der Waals surface area contributed by atoms with Gasteiger partial charge in [-0.1, -0.05) is 0 Å². The van der Waals surface area contributed by atoms with Crippen molar-refractivity contribution in [1.82, 2.24) is 0 Å². The first-order valence-corrected chi connectivity index (χ1v) is 0. The summed E-state index contributed by atoms with van der Waals surface area (Å²) in [5.41, 5.74) is 0. The van der Waals surface area contributed by atoms with Crippen LogP contribution in [0.1, 0.15) is 1.43 Å². The fraction of sp³-hybridized carbons (Fsp3) is 0. The minimum atomic E-state index is 0. The molecule has 0 aliphatic rings. The van der Waals surface area contributed by atoms with Gasteiger partial charge in [-0.3, -0.25) is 0 Å². The zero-order valence-corrected chi connectivity index (χ0v) is 6.00. The predicted molar refractivity (Wildman–Crippen MR) is 6.87 cm³/mol. The van der Waals surface area contributed by atoms with Crippen LogP contribution in [0.2, 0.25) is 0 Å². The van der Waals surface area contributed by atoms with Crippen molar-refractivity contribution in [3.8, 4) is 0 Å². The zero-order valence-electron chi connectivity index (χ0n) is 2.63. The maximum absolute atomic E-state index is 0. The summed E-state index contributed by atoms with van der Waals surface area (Å²) in [6, 6.07) is 0. The molecule has 0 fully saturated rings. The average molecular weight is 180 g/mol. The molecule has 0 atom stereocenters. The molecule has 0 rings (SSSR count).